The second kappa shape index (κ2) is 6.39. The zero-order valence-corrected chi connectivity index (χ0v) is 12.3. The number of carbonyl (C=O) groups excluding carboxylic acids is 1. The third kappa shape index (κ3) is 3.59. The van der Waals surface area contributed by atoms with Gasteiger partial charge in [0.15, 0.2) is 0 Å². The fourth-order valence-electron chi connectivity index (χ4n) is 2.05. The third-order valence-corrected chi connectivity index (χ3v) is 3.28. The summed E-state index contributed by atoms with van der Waals surface area (Å²) in [5.74, 6) is -0.368. The minimum Gasteiger partial charge on any atom is -0.355 e. The number of alkyl halides is 3. The molecule has 8 heteroatoms. The van der Waals surface area contributed by atoms with Gasteiger partial charge in [-0.1, -0.05) is 23.8 Å². The molecule has 1 aliphatic carbocycles. The van der Waals surface area contributed by atoms with Crippen LogP contribution >= 0.6 is 11.6 Å². The number of halogens is 4. The number of likely N-dealkylation sites (N-methyl/N-ethyl adjacent to an activating group) is 1. The normalized spacial score (nSPS) is 15.0. The number of anilines is 1. The van der Waals surface area contributed by atoms with Gasteiger partial charge in [-0.15, -0.1) is 0 Å². The smallest absolute Gasteiger partial charge is 0.355 e. The maximum absolute atomic E-state index is 13.0. The van der Waals surface area contributed by atoms with Crippen molar-refractivity contribution in [2.45, 2.75) is 19.0 Å². The number of pyridine rings is 1. The van der Waals surface area contributed by atoms with Crippen LogP contribution in [0.5, 0.6) is 0 Å². The van der Waals surface area contributed by atoms with Crippen molar-refractivity contribution < 1.29 is 18.0 Å². The molecule has 0 saturated carbocycles. The first-order valence-corrected chi connectivity index (χ1v) is 6.83. The maximum atomic E-state index is 13.0. The summed E-state index contributed by atoms with van der Waals surface area (Å²) in [4.78, 5) is 15.3. The predicted octanol–water partition coefficient (Wildman–Crippen LogP) is 3.52. The van der Waals surface area contributed by atoms with Gasteiger partial charge in [0, 0.05) is 18.9 Å². The average molecular weight is 332 g/mol. The summed E-state index contributed by atoms with van der Waals surface area (Å²) in [5.41, 5.74) is -0.566. The lowest BCUT2D eigenvalue weighted by atomic mass is 10.0. The number of nitrogens with zero attached hydrogens (tertiary/aromatic N) is 1. The standard InChI is InChI=1S/C14H13ClF3N3O/c1-19-13(22)8-4-2-3-5-10(8)21-11-6-12(15)20-7-9(11)14(16,17)18/h4-7H,2-3H2,1H3,(H,19,22)(H,20,21). The molecule has 118 valence electrons. The first kappa shape index (κ1) is 16.4. The molecule has 0 fully saturated rings. The van der Waals surface area contributed by atoms with Crippen molar-refractivity contribution >= 4 is 23.2 Å². The Hall–Kier alpha value is -2.02. The minimum atomic E-state index is -4.58. The van der Waals surface area contributed by atoms with Gasteiger partial charge >= 0.3 is 6.18 Å². The van der Waals surface area contributed by atoms with E-state index in [4.69, 9.17) is 11.6 Å². The van der Waals surface area contributed by atoms with Crippen molar-refractivity contribution in [2.75, 3.05) is 12.4 Å². The van der Waals surface area contributed by atoms with Crippen LogP contribution in [0.3, 0.4) is 0 Å². The summed E-state index contributed by atoms with van der Waals surface area (Å²) in [5, 5.41) is 5.04. The van der Waals surface area contributed by atoms with E-state index >= 15 is 0 Å². The molecule has 0 radical (unpaired) electrons. The number of amides is 1. The van der Waals surface area contributed by atoms with Gasteiger partial charge in [0.2, 0.25) is 0 Å². The highest BCUT2D eigenvalue weighted by Crippen LogP contribution is 2.36. The number of rotatable bonds is 3. The Morgan fingerprint density at radius 3 is 2.64 bits per heavy atom. The predicted molar refractivity (Wildman–Crippen MR) is 77.3 cm³/mol. The summed E-state index contributed by atoms with van der Waals surface area (Å²) in [6, 6.07) is 1.08. The first-order chi connectivity index (χ1) is 10.3. The fraction of sp³-hybridized carbons (Fsp3) is 0.286. The first-order valence-electron chi connectivity index (χ1n) is 6.45. The lowest BCUT2D eigenvalue weighted by Gasteiger charge is -2.20. The molecule has 0 aliphatic heterocycles. The molecule has 0 bridgehead atoms. The van der Waals surface area contributed by atoms with Crippen molar-refractivity contribution in [2.24, 2.45) is 0 Å². The number of nitrogens with one attached hydrogen (secondary N) is 2. The molecule has 2 N–H and O–H groups in total. The SMILES string of the molecule is CNC(=O)C1=CCCC=C1Nc1cc(Cl)ncc1C(F)(F)F. The molecule has 1 amide bonds. The second-order valence-corrected chi connectivity index (χ2v) is 4.95. The Morgan fingerprint density at radius 2 is 2.00 bits per heavy atom. The van der Waals surface area contributed by atoms with Crippen LogP contribution in [0.15, 0.2) is 35.7 Å². The Labute approximate surface area is 130 Å². The van der Waals surface area contributed by atoms with Crippen LogP contribution in [-0.2, 0) is 11.0 Å². The van der Waals surface area contributed by atoms with E-state index in [2.05, 4.69) is 15.6 Å². The van der Waals surface area contributed by atoms with Gasteiger partial charge in [-0.2, -0.15) is 13.2 Å². The molecule has 1 heterocycles. The van der Waals surface area contributed by atoms with Crippen molar-refractivity contribution in [1.82, 2.24) is 10.3 Å². The van der Waals surface area contributed by atoms with Gasteiger partial charge in [-0.05, 0) is 18.9 Å². The third-order valence-electron chi connectivity index (χ3n) is 3.07. The number of carbonyl (C=O) groups is 1. The van der Waals surface area contributed by atoms with E-state index in [9.17, 15) is 18.0 Å². The lowest BCUT2D eigenvalue weighted by molar-refractivity contribution is -0.137. The van der Waals surface area contributed by atoms with Crippen LogP contribution in [0.2, 0.25) is 5.15 Å². The van der Waals surface area contributed by atoms with Gasteiger partial charge < -0.3 is 10.6 Å². The van der Waals surface area contributed by atoms with Crippen LogP contribution in [-0.4, -0.2) is 17.9 Å². The Balaban J connectivity index is 2.38. The monoisotopic (exact) mass is 331 g/mol. The van der Waals surface area contributed by atoms with E-state index in [1.807, 2.05) is 0 Å². The molecule has 22 heavy (non-hydrogen) atoms. The molecule has 0 saturated heterocycles. The quantitative estimate of drug-likeness (QED) is 0.833. The number of hydrogen-bond donors (Lipinski definition) is 2. The topological polar surface area (TPSA) is 54.0 Å². The van der Waals surface area contributed by atoms with Crippen molar-refractivity contribution in [3.05, 3.63) is 46.4 Å². The van der Waals surface area contributed by atoms with Crippen molar-refractivity contribution in [1.29, 1.82) is 0 Å². The van der Waals surface area contributed by atoms with Crippen LogP contribution in [0.25, 0.3) is 0 Å². The van der Waals surface area contributed by atoms with E-state index in [1.54, 1.807) is 12.2 Å². The van der Waals surface area contributed by atoms with Crippen molar-refractivity contribution in [3.63, 3.8) is 0 Å². The van der Waals surface area contributed by atoms with Gasteiger partial charge in [0.1, 0.15) is 5.15 Å². The summed E-state index contributed by atoms with van der Waals surface area (Å²) < 4.78 is 39.1. The highest BCUT2D eigenvalue weighted by Gasteiger charge is 2.34. The largest absolute Gasteiger partial charge is 0.419 e. The molecular formula is C14H13ClF3N3O. The van der Waals surface area contributed by atoms with Crippen LogP contribution in [0.4, 0.5) is 18.9 Å². The highest BCUT2D eigenvalue weighted by atomic mass is 35.5. The molecular weight excluding hydrogens is 319 g/mol. The molecule has 0 aromatic carbocycles. The highest BCUT2D eigenvalue weighted by molar-refractivity contribution is 6.29. The summed E-state index contributed by atoms with van der Waals surface area (Å²) in [7, 11) is 1.46. The van der Waals surface area contributed by atoms with Gasteiger partial charge in [0.05, 0.1) is 16.8 Å². The molecule has 0 unspecified atom stereocenters. The Morgan fingerprint density at radius 1 is 1.32 bits per heavy atom. The molecule has 0 atom stereocenters. The Kier molecular flexibility index (Phi) is 4.75. The van der Waals surface area contributed by atoms with Crippen LogP contribution in [0.1, 0.15) is 18.4 Å². The fourth-order valence-corrected chi connectivity index (χ4v) is 2.21. The summed E-state index contributed by atoms with van der Waals surface area (Å²) >= 11 is 5.68. The minimum absolute atomic E-state index is 0.0719. The molecule has 1 aliphatic rings. The molecule has 4 nitrogen and oxygen atoms in total. The van der Waals surface area contributed by atoms with Gasteiger partial charge in [-0.3, -0.25) is 4.79 Å². The Bertz CT molecular complexity index is 653. The van der Waals surface area contributed by atoms with E-state index in [0.717, 1.165) is 6.07 Å². The number of aromatic nitrogens is 1. The molecule has 1 aromatic rings. The number of allylic oxidation sites excluding steroid dienone is 2. The van der Waals surface area contributed by atoms with Gasteiger partial charge in [-0.25, -0.2) is 4.98 Å². The zero-order valence-electron chi connectivity index (χ0n) is 11.6. The summed E-state index contributed by atoms with van der Waals surface area (Å²) in [6.07, 6.45) is 0.722. The molecule has 0 spiro atoms. The average Bonchev–Trinajstić information content (AvgIpc) is 2.46. The molecule has 2 rings (SSSR count). The van der Waals surface area contributed by atoms with Gasteiger partial charge in [0.25, 0.3) is 5.91 Å². The van der Waals surface area contributed by atoms with E-state index in [-0.39, 0.29) is 16.7 Å². The van der Waals surface area contributed by atoms with Crippen LogP contribution in [0, 0.1) is 0 Å². The van der Waals surface area contributed by atoms with E-state index < -0.39 is 11.7 Å². The van der Waals surface area contributed by atoms with Crippen molar-refractivity contribution in [3.8, 4) is 0 Å². The maximum Gasteiger partial charge on any atom is 0.419 e. The number of hydrogen-bond acceptors (Lipinski definition) is 3. The lowest BCUT2D eigenvalue weighted by Crippen LogP contribution is -2.24. The van der Waals surface area contributed by atoms with E-state index in [1.165, 1.54) is 7.05 Å². The zero-order chi connectivity index (χ0) is 16.3. The van der Waals surface area contributed by atoms with E-state index in [0.29, 0.717) is 30.3 Å². The summed E-state index contributed by atoms with van der Waals surface area (Å²) in [6.45, 7) is 0. The van der Waals surface area contributed by atoms with Crippen LogP contribution < -0.4 is 10.6 Å². The molecule has 1 aromatic heterocycles. The second-order valence-electron chi connectivity index (χ2n) is 4.57.